The van der Waals surface area contributed by atoms with Gasteiger partial charge >= 0.3 is 0 Å². The predicted octanol–water partition coefficient (Wildman–Crippen LogP) is -1.95. The number of carbonyl (C=O) groups is 1. The van der Waals surface area contributed by atoms with Crippen LogP contribution in [0.2, 0.25) is 0 Å². The highest BCUT2D eigenvalue weighted by Gasteiger charge is 2.18. The molecule has 1 atom stereocenters. The molecule has 0 aromatic carbocycles. The van der Waals surface area contributed by atoms with Gasteiger partial charge in [-0.2, -0.15) is 8.42 Å². The molecular weight excluding hydrogens is 196 g/mol. The number of nitrogens with one attached hydrogen (secondary N) is 2. The zero-order valence-electron chi connectivity index (χ0n) is 7.24. The van der Waals surface area contributed by atoms with Crippen molar-refractivity contribution in [3.63, 3.8) is 0 Å². The van der Waals surface area contributed by atoms with E-state index < -0.39 is 10.1 Å². The van der Waals surface area contributed by atoms with Crippen LogP contribution in [-0.2, 0) is 19.1 Å². The lowest BCUT2D eigenvalue weighted by Gasteiger charge is -2.23. The van der Waals surface area contributed by atoms with Crippen LogP contribution in [0.1, 0.15) is 0 Å². The summed E-state index contributed by atoms with van der Waals surface area (Å²) in [4.78, 5) is 10.8. The third-order valence-corrected chi connectivity index (χ3v) is 2.09. The van der Waals surface area contributed by atoms with E-state index in [-0.39, 0.29) is 25.1 Å². The van der Waals surface area contributed by atoms with E-state index in [2.05, 4.69) is 14.8 Å². The molecular formula is C6H12N2O4S. The molecule has 1 rings (SSSR count). The van der Waals surface area contributed by atoms with E-state index in [1.807, 2.05) is 0 Å². The Morgan fingerprint density at radius 3 is 2.85 bits per heavy atom. The second kappa shape index (κ2) is 4.03. The summed E-state index contributed by atoms with van der Waals surface area (Å²) < 4.78 is 25.7. The lowest BCUT2D eigenvalue weighted by molar-refractivity contribution is -0.122. The smallest absolute Gasteiger partial charge is 0.264 e. The van der Waals surface area contributed by atoms with E-state index in [1.165, 1.54) is 0 Å². The molecule has 1 aliphatic rings. The van der Waals surface area contributed by atoms with Crippen molar-refractivity contribution in [3.05, 3.63) is 0 Å². The highest BCUT2D eigenvalue weighted by molar-refractivity contribution is 7.85. The number of hydrogen-bond acceptors (Lipinski definition) is 5. The first kappa shape index (κ1) is 10.4. The van der Waals surface area contributed by atoms with Gasteiger partial charge in [-0.1, -0.05) is 0 Å². The molecule has 1 amide bonds. The van der Waals surface area contributed by atoms with E-state index in [4.69, 9.17) is 0 Å². The average molecular weight is 208 g/mol. The molecule has 6 nitrogen and oxygen atoms in total. The van der Waals surface area contributed by atoms with Crippen LogP contribution in [0.15, 0.2) is 0 Å². The monoisotopic (exact) mass is 208 g/mol. The van der Waals surface area contributed by atoms with Crippen LogP contribution >= 0.6 is 0 Å². The van der Waals surface area contributed by atoms with Crippen molar-refractivity contribution < 1.29 is 17.4 Å². The maximum absolute atomic E-state index is 10.8. The molecule has 7 heteroatoms. The fraction of sp³-hybridized carbons (Fsp3) is 0.833. The molecule has 76 valence electrons. The Morgan fingerprint density at radius 1 is 1.62 bits per heavy atom. The van der Waals surface area contributed by atoms with Gasteiger partial charge in [0, 0.05) is 6.54 Å². The van der Waals surface area contributed by atoms with Gasteiger partial charge in [-0.05, 0) is 0 Å². The quantitative estimate of drug-likeness (QED) is 0.527. The van der Waals surface area contributed by atoms with Crippen LogP contribution < -0.4 is 10.6 Å². The normalized spacial score (nSPS) is 24.1. The Hall–Kier alpha value is -0.660. The molecule has 1 fully saturated rings. The van der Waals surface area contributed by atoms with E-state index in [9.17, 15) is 13.2 Å². The molecule has 13 heavy (non-hydrogen) atoms. The molecule has 0 saturated carbocycles. The summed E-state index contributed by atoms with van der Waals surface area (Å²) in [5, 5.41) is 5.43. The molecule has 0 radical (unpaired) electrons. The van der Waals surface area contributed by atoms with Crippen molar-refractivity contribution in [1.29, 1.82) is 0 Å². The van der Waals surface area contributed by atoms with Gasteiger partial charge in [-0.25, -0.2) is 0 Å². The number of hydrogen-bond donors (Lipinski definition) is 2. The molecule has 0 aromatic heterocycles. The predicted molar refractivity (Wildman–Crippen MR) is 45.6 cm³/mol. The summed E-state index contributed by atoms with van der Waals surface area (Å²) in [5.74, 6) is -0.145. The fourth-order valence-corrected chi connectivity index (χ4v) is 1.41. The Morgan fingerprint density at radius 2 is 2.31 bits per heavy atom. The van der Waals surface area contributed by atoms with Gasteiger partial charge in [-0.15, -0.1) is 0 Å². The number of carbonyl (C=O) groups excluding carboxylic acids is 1. The first-order valence-electron chi connectivity index (χ1n) is 3.82. The number of piperazine rings is 1. The lowest BCUT2D eigenvalue weighted by Crippen LogP contribution is -2.54. The van der Waals surface area contributed by atoms with E-state index in [0.29, 0.717) is 6.54 Å². The van der Waals surface area contributed by atoms with E-state index in [1.54, 1.807) is 0 Å². The molecule has 1 saturated heterocycles. The summed E-state index contributed by atoms with van der Waals surface area (Å²) >= 11 is 0. The first-order chi connectivity index (χ1) is 5.97. The van der Waals surface area contributed by atoms with Gasteiger partial charge < -0.3 is 10.6 Å². The minimum Gasteiger partial charge on any atom is -0.349 e. The zero-order valence-corrected chi connectivity index (χ0v) is 8.06. The molecule has 0 aromatic rings. The Kier molecular flexibility index (Phi) is 3.23. The molecule has 1 heterocycles. The van der Waals surface area contributed by atoms with Gasteiger partial charge in [0.25, 0.3) is 10.1 Å². The second-order valence-corrected chi connectivity index (χ2v) is 4.53. The number of rotatable bonds is 3. The summed E-state index contributed by atoms with van der Waals surface area (Å²) in [5.41, 5.74) is 0. The van der Waals surface area contributed by atoms with Gasteiger partial charge in [0.2, 0.25) is 5.91 Å². The van der Waals surface area contributed by atoms with Gasteiger partial charge in [-0.3, -0.25) is 8.98 Å². The van der Waals surface area contributed by atoms with Crippen LogP contribution in [0.3, 0.4) is 0 Å². The van der Waals surface area contributed by atoms with Crippen LogP contribution in [-0.4, -0.2) is 46.3 Å². The summed E-state index contributed by atoms with van der Waals surface area (Å²) in [6.07, 6.45) is 0.977. The van der Waals surface area contributed by atoms with Gasteiger partial charge in [0.1, 0.15) is 0 Å². The molecule has 0 aliphatic carbocycles. The Balaban J connectivity index is 2.33. The van der Waals surface area contributed by atoms with Gasteiger partial charge in [0.15, 0.2) is 0 Å². The first-order valence-corrected chi connectivity index (χ1v) is 5.63. The van der Waals surface area contributed by atoms with Crippen LogP contribution in [0.4, 0.5) is 0 Å². The minimum atomic E-state index is -3.42. The SMILES string of the molecule is CS(=O)(=O)OCC1CNCC(=O)N1. The van der Waals surface area contributed by atoms with Crippen LogP contribution in [0.5, 0.6) is 0 Å². The van der Waals surface area contributed by atoms with E-state index in [0.717, 1.165) is 6.26 Å². The zero-order chi connectivity index (χ0) is 9.90. The fourth-order valence-electron chi connectivity index (χ4n) is 0.996. The third-order valence-electron chi connectivity index (χ3n) is 1.52. The average Bonchev–Trinajstić information content (AvgIpc) is 2.00. The van der Waals surface area contributed by atoms with Crippen molar-refractivity contribution >= 4 is 16.0 Å². The minimum absolute atomic E-state index is 0.0163. The molecule has 0 bridgehead atoms. The molecule has 2 N–H and O–H groups in total. The largest absolute Gasteiger partial charge is 0.349 e. The van der Waals surface area contributed by atoms with Crippen molar-refractivity contribution in [2.45, 2.75) is 6.04 Å². The van der Waals surface area contributed by atoms with Crippen LogP contribution in [0.25, 0.3) is 0 Å². The maximum Gasteiger partial charge on any atom is 0.264 e. The summed E-state index contributed by atoms with van der Waals surface area (Å²) in [6, 6.07) is -0.268. The summed E-state index contributed by atoms with van der Waals surface area (Å²) in [6.45, 7) is 0.786. The van der Waals surface area contributed by atoms with Gasteiger partial charge in [0.05, 0.1) is 25.4 Å². The van der Waals surface area contributed by atoms with E-state index >= 15 is 0 Å². The highest BCUT2D eigenvalue weighted by atomic mass is 32.2. The molecule has 1 unspecified atom stereocenters. The molecule has 0 spiro atoms. The summed E-state index contributed by atoms with van der Waals surface area (Å²) in [7, 11) is -3.42. The van der Waals surface area contributed by atoms with Crippen molar-refractivity contribution in [1.82, 2.24) is 10.6 Å². The Labute approximate surface area is 76.8 Å². The van der Waals surface area contributed by atoms with Crippen molar-refractivity contribution in [2.24, 2.45) is 0 Å². The second-order valence-electron chi connectivity index (χ2n) is 2.88. The van der Waals surface area contributed by atoms with Crippen molar-refractivity contribution in [3.8, 4) is 0 Å². The number of amides is 1. The Bertz CT molecular complexity index is 287. The third kappa shape index (κ3) is 4.20. The standard InChI is InChI=1S/C6H12N2O4S/c1-13(10,11)12-4-5-2-7-3-6(9)8-5/h5,7H,2-4H2,1H3,(H,8,9). The molecule has 1 aliphatic heterocycles. The van der Waals surface area contributed by atoms with Crippen LogP contribution in [0, 0.1) is 0 Å². The maximum atomic E-state index is 10.8. The highest BCUT2D eigenvalue weighted by Crippen LogP contribution is 1.93. The van der Waals surface area contributed by atoms with Crippen molar-refractivity contribution in [2.75, 3.05) is 26.0 Å². The topological polar surface area (TPSA) is 84.5 Å². The lowest BCUT2D eigenvalue weighted by atomic mass is 10.2.